The van der Waals surface area contributed by atoms with Crippen molar-refractivity contribution in [2.75, 3.05) is 0 Å². The number of rotatable bonds is 5. The first-order chi connectivity index (χ1) is 9.99. The molecule has 0 heterocycles. The van der Waals surface area contributed by atoms with Gasteiger partial charge in [-0.3, -0.25) is 14.9 Å². The molecule has 0 saturated heterocycles. The van der Waals surface area contributed by atoms with Gasteiger partial charge in [-0.05, 0) is 34.7 Å². The van der Waals surface area contributed by atoms with Crippen LogP contribution in [0.25, 0.3) is 0 Å². The number of ketones is 1. The summed E-state index contributed by atoms with van der Waals surface area (Å²) >= 11 is 0. The lowest BCUT2D eigenvalue weighted by Gasteiger charge is -2.47. The Balaban J connectivity index is 3.66. The second-order valence-electron chi connectivity index (χ2n) is 7.76. The first-order valence-corrected chi connectivity index (χ1v) is 10.6. The van der Waals surface area contributed by atoms with E-state index in [9.17, 15) is 14.9 Å². The topological polar surface area (TPSA) is 60.2 Å². The van der Waals surface area contributed by atoms with Crippen LogP contribution >= 0.6 is 0 Å². The Kier molecular flexibility index (Phi) is 5.76. The molecule has 1 aliphatic rings. The Hall–Kier alpha value is -0.973. The maximum absolute atomic E-state index is 13.0. The van der Waals surface area contributed by atoms with E-state index in [0.717, 1.165) is 10.8 Å². The molecule has 4 nitrogen and oxygen atoms in total. The van der Waals surface area contributed by atoms with Crippen molar-refractivity contribution in [3.63, 3.8) is 0 Å². The molecular weight excluding hydrogens is 294 g/mol. The summed E-state index contributed by atoms with van der Waals surface area (Å²) in [6.45, 7) is 17.2. The fourth-order valence-electron chi connectivity index (χ4n) is 4.83. The number of Topliss-reactive ketones (excluding diaryl/α,β-unsaturated/α-hetero) is 1. The van der Waals surface area contributed by atoms with Crippen LogP contribution in [0.1, 0.15) is 61.8 Å². The molecule has 0 saturated carbocycles. The van der Waals surface area contributed by atoms with Crippen LogP contribution in [0, 0.1) is 16.0 Å². The number of nitrogens with zero attached hydrogens (tertiary/aromatic N) is 1. The van der Waals surface area contributed by atoms with Crippen LogP contribution in [0.4, 0.5) is 0 Å². The summed E-state index contributed by atoms with van der Waals surface area (Å²) in [6, 6.07) is -1.04. The van der Waals surface area contributed by atoms with Gasteiger partial charge in [-0.2, -0.15) is 0 Å². The van der Waals surface area contributed by atoms with Crippen LogP contribution in [-0.4, -0.2) is 24.8 Å². The average molecular weight is 326 g/mol. The predicted molar refractivity (Wildman–Crippen MR) is 93.3 cm³/mol. The number of hydrogen-bond donors (Lipinski definition) is 0. The normalized spacial score (nSPS) is 23.9. The molecule has 1 rings (SSSR count). The van der Waals surface area contributed by atoms with Gasteiger partial charge in [0.15, 0.2) is 0 Å². The lowest BCUT2D eigenvalue weighted by Crippen LogP contribution is -2.54. The molecule has 0 radical (unpaired) electrons. The minimum absolute atomic E-state index is 0.117. The second kappa shape index (κ2) is 6.65. The van der Waals surface area contributed by atoms with Crippen LogP contribution in [0.15, 0.2) is 10.8 Å². The highest BCUT2D eigenvalue weighted by Crippen LogP contribution is 2.50. The molecule has 0 aromatic heterocycles. The van der Waals surface area contributed by atoms with Gasteiger partial charge in [-0.25, -0.2) is 0 Å². The van der Waals surface area contributed by atoms with Crippen molar-refractivity contribution < 1.29 is 9.72 Å². The van der Waals surface area contributed by atoms with E-state index >= 15 is 0 Å². The van der Waals surface area contributed by atoms with Crippen LogP contribution in [0.3, 0.4) is 0 Å². The Morgan fingerprint density at radius 3 is 1.82 bits per heavy atom. The van der Waals surface area contributed by atoms with Crippen molar-refractivity contribution >= 4 is 13.9 Å². The fourth-order valence-corrected chi connectivity index (χ4v) is 12.1. The molecule has 0 aromatic carbocycles. The maximum Gasteiger partial charge on any atom is 0.274 e. The molecule has 0 spiro atoms. The molecule has 22 heavy (non-hydrogen) atoms. The maximum atomic E-state index is 13.0. The summed E-state index contributed by atoms with van der Waals surface area (Å²) in [4.78, 5) is 24.0. The Bertz CT molecular complexity index is 472. The molecule has 2 atom stereocenters. The highest BCUT2D eigenvalue weighted by atomic mass is 28.3. The Morgan fingerprint density at radius 1 is 1.09 bits per heavy atom. The van der Waals surface area contributed by atoms with Gasteiger partial charge in [0, 0.05) is 11.3 Å². The van der Waals surface area contributed by atoms with Crippen molar-refractivity contribution in [1.82, 2.24) is 0 Å². The van der Waals surface area contributed by atoms with Gasteiger partial charge in [0.05, 0.1) is 8.07 Å². The average Bonchev–Trinajstić information content (AvgIpc) is 2.36. The smallest absolute Gasteiger partial charge is 0.274 e. The van der Waals surface area contributed by atoms with Gasteiger partial charge in [-0.1, -0.05) is 54.0 Å². The lowest BCUT2D eigenvalue weighted by molar-refractivity contribution is -0.509. The van der Waals surface area contributed by atoms with Gasteiger partial charge in [0.1, 0.15) is 0 Å². The van der Waals surface area contributed by atoms with Crippen LogP contribution in [-0.2, 0) is 4.79 Å². The van der Waals surface area contributed by atoms with Gasteiger partial charge >= 0.3 is 0 Å². The molecule has 0 bridgehead atoms. The van der Waals surface area contributed by atoms with Crippen molar-refractivity contribution in [2.24, 2.45) is 5.92 Å². The largest absolute Gasteiger partial charge is 0.287 e. The van der Waals surface area contributed by atoms with Gasteiger partial charge < -0.3 is 0 Å². The van der Waals surface area contributed by atoms with Crippen LogP contribution in [0.5, 0.6) is 0 Å². The lowest BCUT2D eigenvalue weighted by atomic mass is 9.86. The van der Waals surface area contributed by atoms with Crippen molar-refractivity contribution in [3.8, 4) is 0 Å². The molecule has 5 heteroatoms. The molecular formula is C17H31NO3Si. The number of hydrogen-bond acceptors (Lipinski definition) is 3. The SMILES string of the molecule is CC1=C([Si](C(C)C)(C(C)C)C(C)C)C(=O)[C@H]([N+](=O)[O-])C[C@H]1C. The van der Waals surface area contributed by atoms with Crippen LogP contribution < -0.4 is 0 Å². The third-order valence-electron chi connectivity index (χ3n) is 5.81. The van der Waals surface area contributed by atoms with E-state index in [1.165, 1.54) is 0 Å². The molecule has 0 amide bonds. The zero-order chi connectivity index (χ0) is 17.4. The standard InChI is InChI=1S/C17H31NO3Si/c1-10(2)22(11(3)4,12(5)6)17-14(8)13(7)9-15(16(17)19)18(20)21/h10-13,15H,9H2,1-8H3/t13-,15-/m1/s1. The van der Waals surface area contributed by atoms with Crippen molar-refractivity contribution in [2.45, 2.75) is 84.5 Å². The number of carbonyl (C=O) groups excluding carboxylic acids is 1. The highest BCUT2D eigenvalue weighted by molar-refractivity contribution is 6.93. The zero-order valence-corrected chi connectivity index (χ0v) is 16.3. The second-order valence-corrected chi connectivity index (χ2v) is 13.6. The van der Waals surface area contributed by atoms with E-state index in [1.54, 1.807) is 0 Å². The molecule has 0 N–H and O–H groups in total. The summed E-state index contributed by atoms with van der Waals surface area (Å²) in [7, 11) is -2.16. The number of allylic oxidation sites excluding steroid dienone is 1. The third-order valence-corrected chi connectivity index (χ3v) is 13.1. The van der Waals surface area contributed by atoms with Gasteiger partial charge in [0.2, 0.25) is 5.78 Å². The summed E-state index contributed by atoms with van der Waals surface area (Å²) in [5.41, 5.74) is 2.28. The van der Waals surface area contributed by atoms with E-state index in [-0.39, 0.29) is 16.6 Å². The first kappa shape index (κ1) is 19.1. The van der Waals surface area contributed by atoms with E-state index in [1.807, 2.05) is 13.8 Å². The number of carbonyl (C=O) groups is 1. The van der Waals surface area contributed by atoms with Crippen molar-refractivity contribution in [3.05, 3.63) is 20.9 Å². The van der Waals surface area contributed by atoms with Crippen molar-refractivity contribution in [1.29, 1.82) is 0 Å². The third kappa shape index (κ3) is 2.80. The monoisotopic (exact) mass is 325 g/mol. The molecule has 0 unspecified atom stereocenters. The summed E-state index contributed by atoms with van der Waals surface area (Å²) in [6.07, 6.45) is 0.347. The molecule has 1 aliphatic carbocycles. The van der Waals surface area contributed by atoms with E-state index in [4.69, 9.17) is 0 Å². The van der Waals surface area contributed by atoms with Crippen LogP contribution in [0.2, 0.25) is 16.6 Å². The first-order valence-electron chi connectivity index (χ1n) is 8.38. The molecule has 0 fully saturated rings. The van der Waals surface area contributed by atoms with E-state index in [0.29, 0.717) is 23.0 Å². The quantitative estimate of drug-likeness (QED) is 0.415. The minimum atomic E-state index is -2.16. The van der Waals surface area contributed by atoms with E-state index in [2.05, 4.69) is 41.5 Å². The number of nitro groups is 1. The Morgan fingerprint density at radius 2 is 1.50 bits per heavy atom. The Labute approximate surface area is 135 Å². The zero-order valence-electron chi connectivity index (χ0n) is 15.3. The highest BCUT2D eigenvalue weighted by Gasteiger charge is 2.54. The molecule has 126 valence electrons. The van der Waals surface area contributed by atoms with Gasteiger partial charge in [-0.15, -0.1) is 0 Å². The summed E-state index contributed by atoms with van der Waals surface area (Å²) in [5.74, 6) is -0.0745. The van der Waals surface area contributed by atoms with Gasteiger partial charge in [0.25, 0.3) is 6.04 Å². The minimum Gasteiger partial charge on any atom is -0.287 e. The molecule has 0 aromatic rings. The summed E-state index contributed by atoms with van der Waals surface area (Å²) < 4.78 is 0. The predicted octanol–water partition coefficient (Wildman–Crippen LogP) is 4.78. The fraction of sp³-hybridized carbons (Fsp3) is 0.824. The summed E-state index contributed by atoms with van der Waals surface area (Å²) in [5, 5.41) is 12.3. The van der Waals surface area contributed by atoms with E-state index < -0.39 is 14.1 Å². The molecule has 0 aliphatic heterocycles.